The second-order valence-corrected chi connectivity index (χ2v) is 4.85. The third-order valence-corrected chi connectivity index (χ3v) is 3.37. The lowest BCUT2D eigenvalue weighted by atomic mass is 10.2. The summed E-state index contributed by atoms with van der Waals surface area (Å²) >= 11 is 0. The van der Waals surface area contributed by atoms with Gasteiger partial charge in [-0.2, -0.15) is 0 Å². The highest BCUT2D eigenvalue weighted by atomic mass is 19.1. The lowest BCUT2D eigenvalue weighted by Crippen LogP contribution is -2.33. The zero-order valence-corrected chi connectivity index (χ0v) is 10.7. The molecule has 1 aliphatic heterocycles. The van der Waals surface area contributed by atoms with Gasteiger partial charge in [0, 0.05) is 18.2 Å². The second kappa shape index (κ2) is 5.96. The van der Waals surface area contributed by atoms with Crippen LogP contribution in [0, 0.1) is 5.82 Å². The number of hydrogen-bond donors (Lipinski definition) is 1. The highest BCUT2D eigenvalue weighted by Gasteiger charge is 2.20. The molecule has 1 aromatic carbocycles. The molecule has 3 nitrogen and oxygen atoms in total. The monoisotopic (exact) mass is 250 g/mol. The number of hydrogen-bond acceptors (Lipinski definition) is 2. The molecular formula is C14H19FN2O. The molecular weight excluding hydrogens is 231 g/mol. The molecule has 0 spiro atoms. The van der Waals surface area contributed by atoms with Gasteiger partial charge in [0.25, 0.3) is 0 Å². The van der Waals surface area contributed by atoms with Crippen LogP contribution in [0.4, 0.5) is 10.1 Å². The summed E-state index contributed by atoms with van der Waals surface area (Å²) in [5, 5.41) is 2.79. The van der Waals surface area contributed by atoms with Crippen molar-refractivity contribution < 1.29 is 9.18 Å². The Labute approximate surface area is 107 Å². The number of nitrogens with one attached hydrogen (secondary N) is 1. The number of benzene rings is 1. The summed E-state index contributed by atoms with van der Waals surface area (Å²) in [6.45, 7) is 4.26. The molecule has 0 aliphatic carbocycles. The molecule has 2 rings (SSSR count). The number of likely N-dealkylation sites (tertiary alicyclic amines) is 1. The maximum absolute atomic E-state index is 12.7. The van der Waals surface area contributed by atoms with Crippen LogP contribution >= 0.6 is 0 Å². The molecule has 4 heteroatoms. The van der Waals surface area contributed by atoms with Gasteiger partial charge in [0.05, 0.1) is 0 Å². The minimum absolute atomic E-state index is 0.0130. The molecule has 0 saturated carbocycles. The van der Waals surface area contributed by atoms with Gasteiger partial charge in [-0.3, -0.25) is 4.79 Å². The van der Waals surface area contributed by atoms with E-state index in [-0.39, 0.29) is 17.8 Å². The molecule has 98 valence electrons. The fraction of sp³-hybridized carbons (Fsp3) is 0.500. The zero-order chi connectivity index (χ0) is 13.0. The standard InChI is InChI=1S/C14H19FN2O/c1-11(17-8-2-3-9-17)10-14(18)16-13-6-4-12(15)5-7-13/h4-7,11H,2-3,8-10H2,1H3,(H,16,18)/t11-/m0/s1. The van der Waals surface area contributed by atoms with Crippen LogP contribution in [0.25, 0.3) is 0 Å². The Balaban J connectivity index is 1.82. The first-order valence-corrected chi connectivity index (χ1v) is 6.44. The normalized spacial score (nSPS) is 17.7. The number of carbonyl (C=O) groups excluding carboxylic acids is 1. The lowest BCUT2D eigenvalue weighted by Gasteiger charge is -2.23. The Hall–Kier alpha value is -1.42. The van der Waals surface area contributed by atoms with Gasteiger partial charge in [-0.15, -0.1) is 0 Å². The van der Waals surface area contributed by atoms with Crippen molar-refractivity contribution >= 4 is 11.6 Å². The van der Waals surface area contributed by atoms with Gasteiger partial charge in [-0.25, -0.2) is 4.39 Å². The van der Waals surface area contributed by atoms with Gasteiger partial charge < -0.3 is 10.2 Å². The summed E-state index contributed by atoms with van der Waals surface area (Å²) in [5.74, 6) is -0.306. The number of carbonyl (C=O) groups is 1. The van der Waals surface area contributed by atoms with Crippen molar-refractivity contribution in [2.45, 2.75) is 32.2 Å². The van der Waals surface area contributed by atoms with E-state index in [9.17, 15) is 9.18 Å². The highest BCUT2D eigenvalue weighted by molar-refractivity contribution is 5.91. The smallest absolute Gasteiger partial charge is 0.225 e. The maximum atomic E-state index is 12.7. The first-order chi connectivity index (χ1) is 8.65. The molecule has 1 aromatic rings. The summed E-state index contributed by atoms with van der Waals surface area (Å²) in [6.07, 6.45) is 2.94. The summed E-state index contributed by atoms with van der Waals surface area (Å²) in [6, 6.07) is 6.12. The van der Waals surface area contributed by atoms with Gasteiger partial charge in [0.15, 0.2) is 0 Å². The van der Waals surface area contributed by atoms with Gasteiger partial charge in [0.1, 0.15) is 5.82 Å². The Morgan fingerprint density at radius 1 is 1.33 bits per heavy atom. The third kappa shape index (κ3) is 3.53. The molecule has 1 saturated heterocycles. The maximum Gasteiger partial charge on any atom is 0.225 e. The van der Waals surface area contributed by atoms with Crippen molar-refractivity contribution in [3.8, 4) is 0 Å². The molecule has 1 aliphatic rings. The molecule has 0 bridgehead atoms. The van der Waals surface area contributed by atoms with Crippen LogP contribution in [0.2, 0.25) is 0 Å². The summed E-state index contributed by atoms with van der Waals surface area (Å²) in [7, 11) is 0. The lowest BCUT2D eigenvalue weighted by molar-refractivity contribution is -0.117. The molecule has 0 radical (unpaired) electrons. The van der Waals surface area contributed by atoms with E-state index in [1.54, 1.807) is 12.1 Å². The second-order valence-electron chi connectivity index (χ2n) is 4.85. The summed E-state index contributed by atoms with van der Waals surface area (Å²) in [4.78, 5) is 14.2. The first kappa shape index (κ1) is 13.0. The average molecular weight is 250 g/mol. The van der Waals surface area contributed by atoms with Crippen LogP contribution in [-0.4, -0.2) is 29.9 Å². The Morgan fingerprint density at radius 3 is 2.56 bits per heavy atom. The van der Waals surface area contributed by atoms with Crippen molar-refractivity contribution in [2.24, 2.45) is 0 Å². The van der Waals surface area contributed by atoms with Crippen molar-refractivity contribution in [1.82, 2.24) is 4.90 Å². The molecule has 1 atom stereocenters. The van der Waals surface area contributed by atoms with E-state index in [1.165, 1.54) is 25.0 Å². The Morgan fingerprint density at radius 2 is 1.94 bits per heavy atom. The van der Waals surface area contributed by atoms with Crippen LogP contribution < -0.4 is 5.32 Å². The number of anilines is 1. The summed E-state index contributed by atoms with van der Waals surface area (Å²) in [5.41, 5.74) is 0.648. The molecule has 0 unspecified atom stereocenters. The van der Waals surface area contributed by atoms with E-state index in [0.717, 1.165) is 13.1 Å². The fourth-order valence-electron chi connectivity index (χ4n) is 2.33. The van der Waals surface area contributed by atoms with E-state index in [2.05, 4.69) is 17.1 Å². The molecule has 1 heterocycles. The van der Waals surface area contributed by atoms with Gasteiger partial charge >= 0.3 is 0 Å². The van der Waals surface area contributed by atoms with Crippen molar-refractivity contribution in [1.29, 1.82) is 0 Å². The van der Waals surface area contributed by atoms with Crippen molar-refractivity contribution in [3.05, 3.63) is 30.1 Å². The highest BCUT2D eigenvalue weighted by Crippen LogP contribution is 2.15. The van der Waals surface area contributed by atoms with E-state index in [1.807, 2.05) is 0 Å². The predicted octanol–water partition coefficient (Wildman–Crippen LogP) is 2.64. The average Bonchev–Trinajstić information content (AvgIpc) is 2.85. The van der Waals surface area contributed by atoms with E-state index >= 15 is 0 Å². The minimum Gasteiger partial charge on any atom is -0.326 e. The van der Waals surface area contributed by atoms with Gasteiger partial charge in [-0.05, 0) is 57.1 Å². The van der Waals surface area contributed by atoms with E-state index in [4.69, 9.17) is 0 Å². The van der Waals surface area contributed by atoms with Crippen LogP contribution in [0.1, 0.15) is 26.2 Å². The van der Waals surface area contributed by atoms with Crippen molar-refractivity contribution in [2.75, 3.05) is 18.4 Å². The molecule has 1 fully saturated rings. The largest absolute Gasteiger partial charge is 0.326 e. The van der Waals surface area contributed by atoms with Crippen LogP contribution in [0.3, 0.4) is 0 Å². The van der Waals surface area contributed by atoms with Gasteiger partial charge in [0.2, 0.25) is 5.91 Å². The Kier molecular flexibility index (Phi) is 4.31. The number of amides is 1. The van der Waals surface area contributed by atoms with Crippen LogP contribution in [0.15, 0.2) is 24.3 Å². The quantitative estimate of drug-likeness (QED) is 0.891. The van der Waals surface area contributed by atoms with Gasteiger partial charge in [-0.1, -0.05) is 0 Å². The first-order valence-electron chi connectivity index (χ1n) is 6.44. The molecule has 1 N–H and O–H groups in total. The SMILES string of the molecule is C[C@@H](CC(=O)Nc1ccc(F)cc1)N1CCCC1. The van der Waals surface area contributed by atoms with Crippen molar-refractivity contribution in [3.63, 3.8) is 0 Å². The minimum atomic E-state index is -0.293. The molecule has 18 heavy (non-hydrogen) atoms. The molecule has 1 amide bonds. The number of halogens is 1. The van der Waals surface area contributed by atoms with Crippen LogP contribution in [0.5, 0.6) is 0 Å². The van der Waals surface area contributed by atoms with E-state index in [0.29, 0.717) is 12.1 Å². The molecule has 0 aromatic heterocycles. The zero-order valence-electron chi connectivity index (χ0n) is 10.7. The fourth-order valence-corrected chi connectivity index (χ4v) is 2.33. The predicted molar refractivity (Wildman–Crippen MR) is 69.9 cm³/mol. The van der Waals surface area contributed by atoms with Crippen LogP contribution in [-0.2, 0) is 4.79 Å². The topological polar surface area (TPSA) is 32.3 Å². The van der Waals surface area contributed by atoms with E-state index < -0.39 is 0 Å². The Bertz CT molecular complexity index is 399. The summed E-state index contributed by atoms with van der Waals surface area (Å²) < 4.78 is 12.7. The third-order valence-electron chi connectivity index (χ3n) is 3.37. The number of rotatable bonds is 4. The number of nitrogens with zero attached hydrogens (tertiary/aromatic N) is 1.